The zero-order valence-corrected chi connectivity index (χ0v) is 16.4. The summed E-state index contributed by atoms with van der Waals surface area (Å²) in [6.07, 6.45) is 6.24. The predicted octanol–water partition coefficient (Wildman–Crippen LogP) is 1.96. The van der Waals surface area contributed by atoms with Gasteiger partial charge in [-0.05, 0) is 52.5 Å². The van der Waals surface area contributed by atoms with Gasteiger partial charge in [-0.1, -0.05) is 0 Å². The molecule has 0 unspecified atom stereocenters. The van der Waals surface area contributed by atoms with Gasteiger partial charge in [0.2, 0.25) is 11.9 Å². The first-order valence-corrected chi connectivity index (χ1v) is 9.65. The lowest BCUT2D eigenvalue weighted by atomic mass is 10.0. The second-order valence-corrected chi connectivity index (χ2v) is 8.15. The molecular weight excluding hydrogens is 346 g/mol. The summed E-state index contributed by atoms with van der Waals surface area (Å²) in [6, 6.07) is 1.47. The fourth-order valence-electron chi connectivity index (χ4n) is 3.55. The molecule has 0 aromatic carbocycles. The van der Waals surface area contributed by atoms with E-state index in [1.807, 2.05) is 20.8 Å². The smallest absolute Gasteiger partial charge is 0.410 e. The lowest BCUT2D eigenvalue weighted by molar-refractivity contribution is -0.126. The summed E-state index contributed by atoms with van der Waals surface area (Å²) in [6.45, 7) is 7.67. The Balaban J connectivity index is 1.51. The summed E-state index contributed by atoms with van der Waals surface area (Å²) in [5, 5.41) is 3.12. The maximum absolute atomic E-state index is 12.7. The molecule has 2 aliphatic heterocycles. The van der Waals surface area contributed by atoms with Crippen molar-refractivity contribution in [1.29, 1.82) is 0 Å². The molecule has 8 nitrogen and oxygen atoms in total. The Morgan fingerprint density at radius 3 is 2.41 bits per heavy atom. The summed E-state index contributed by atoms with van der Waals surface area (Å²) in [7, 11) is 0. The molecule has 2 aliphatic rings. The van der Waals surface area contributed by atoms with E-state index < -0.39 is 17.7 Å². The van der Waals surface area contributed by atoms with E-state index in [1.54, 1.807) is 23.4 Å². The molecular formula is C19H29N5O3. The van der Waals surface area contributed by atoms with Crippen LogP contribution in [-0.4, -0.2) is 64.2 Å². The molecule has 148 valence electrons. The van der Waals surface area contributed by atoms with Gasteiger partial charge in [0.05, 0.1) is 0 Å². The number of hydrogen-bond donors (Lipinski definition) is 1. The molecule has 0 bridgehead atoms. The number of nitrogens with zero attached hydrogens (tertiary/aromatic N) is 4. The number of likely N-dealkylation sites (tertiary alicyclic amines) is 1. The lowest BCUT2D eigenvalue weighted by Gasteiger charge is -2.33. The SMILES string of the molecule is CC(C)(C)OC(=O)N1CCC[C@H]1C(=O)NC1CCN(c2ncccn2)CC1. The molecule has 8 heteroatoms. The second kappa shape index (κ2) is 8.10. The highest BCUT2D eigenvalue weighted by molar-refractivity contribution is 5.86. The van der Waals surface area contributed by atoms with Gasteiger partial charge in [-0.2, -0.15) is 0 Å². The third kappa shape index (κ3) is 5.08. The van der Waals surface area contributed by atoms with Crippen LogP contribution in [0.5, 0.6) is 0 Å². The van der Waals surface area contributed by atoms with Crippen LogP contribution >= 0.6 is 0 Å². The molecule has 3 heterocycles. The third-order valence-corrected chi connectivity index (χ3v) is 4.86. The highest BCUT2D eigenvalue weighted by atomic mass is 16.6. The maximum atomic E-state index is 12.7. The Morgan fingerprint density at radius 1 is 1.11 bits per heavy atom. The van der Waals surface area contributed by atoms with Crippen molar-refractivity contribution < 1.29 is 14.3 Å². The highest BCUT2D eigenvalue weighted by Gasteiger charge is 2.37. The molecule has 1 aromatic rings. The fourth-order valence-corrected chi connectivity index (χ4v) is 3.55. The first kappa shape index (κ1) is 19.4. The van der Waals surface area contributed by atoms with Gasteiger partial charge in [-0.25, -0.2) is 14.8 Å². The topological polar surface area (TPSA) is 87.7 Å². The first-order chi connectivity index (χ1) is 12.8. The Hall–Kier alpha value is -2.38. The van der Waals surface area contributed by atoms with E-state index in [9.17, 15) is 9.59 Å². The van der Waals surface area contributed by atoms with Gasteiger partial charge < -0.3 is 15.0 Å². The van der Waals surface area contributed by atoms with Gasteiger partial charge in [0.15, 0.2) is 0 Å². The average Bonchev–Trinajstić information content (AvgIpc) is 3.12. The second-order valence-electron chi connectivity index (χ2n) is 8.15. The monoisotopic (exact) mass is 375 g/mol. The summed E-state index contributed by atoms with van der Waals surface area (Å²) in [4.78, 5) is 37.4. The quantitative estimate of drug-likeness (QED) is 0.869. The Labute approximate surface area is 160 Å². The molecule has 1 aromatic heterocycles. The minimum Gasteiger partial charge on any atom is -0.444 e. The van der Waals surface area contributed by atoms with Gasteiger partial charge >= 0.3 is 6.09 Å². The minimum atomic E-state index is -0.562. The molecule has 0 saturated carbocycles. The number of piperidine rings is 1. The Bertz CT molecular complexity index is 653. The number of aromatic nitrogens is 2. The van der Waals surface area contributed by atoms with Crippen molar-refractivity contribution in [3.8, 4) is 0 Å². The fraction of sp³-hybridized carbons (Fsp3) is 0.684. The highest BCUT2D eigenvalue weighted by Crippen LogP contribution is 2.22. The number of ether oxygens (including phenoxy) is 1. The van der Waals surface area contributed by atoms with Crippen molar-refractivity contribution in [2.75, 3.05) is 24.5 Å². The Kier molecular flexibility index (Phi) is 5.82. The van der Waals surface area contributed by atoms with E-state index in [0.29, 0.717) is 13.0 Å². The van der Waals surface area contributed by atoms with E-state index >= 15 is 0 Å². The third-order valence-electron chi connectivity index (χ3n) is 4.86. The van der Waals surface area contributed by atoms with Gasteiger partial charge in [-0.15, -0.1) is 0 Å². The molecule has 1 N–H and O–H groups in total. The number of nitrogens with one attached hydrogen (secondary N) is 1. The van der Waals surface area contributed by atoms with E-state index in [1.165, 1.54) is 0 Å². The summed E-state index contributed by atoms with van der Waals surface area (Å²) < 4.78 is 5.44. The Morgan fingerprint density at radius 2 is 1.78 bits per heavy atom. The van der Waals surface area contributed by atoms with Crippen LogP contribution < -0.4 is 10.2 Å². The van der Waals surface area contributed by atoms with Crippen LogP contribution in [0.1, 0.15) is 46.5 Å². The standard InChI is InChI=1S/C19H29N5O3/c1-19(2,3)27-18(26)24-11-4-6-15(24)16(25)22-14-7-12-23(13-8-14)17-20-9-5-10-21-17/h5,9-10,14-15H,4,6-8,11-13H2,1-3H3,(H,22,25)/t15-/m0/s1. The largest absolute Gasteiger partial charge is 0.444 e. The number of rotatable bonds is 3. The summed E-state index contributed by atoms with van der Waals surface area (Å²) in [5.74, 6) is 0.655. The number of amides is 2. The van der Waals surface area contributed by atoms with Crippen LogP contribution in [0, 0.1) is 0 Å². The van der Waals surface area contributed by atoms with E-state index in [4.69, 9.17) is 4.74 Å². The lowest BCUT2D eigenvalue weighted by Crippen LogP contribution is -2.52. The summed E-state index contributed by atoms with van der Waals surface area (Å²) >= 11 is 0. The van der Waals surface area contributed by atoms with Crippen molar-refractivity contribution in [1.82, 2.24) is 20.2 Å². The zero-order valence-electron chi connectivity index (χ0n) is 16.4. The molecule has 0 radical (unpaired) electrons. The van der Waals surface area contributed by atoms with Gasteiger partial charge in [0, 0.05) is 38.1 Å². The van der Waals surface area contributed by atoms with Gasteiger partial charge in [0.25, 0.3) is 0 Å². The van der Waals surface area contributed by atoms with Crippen molar-refractivity contribution >= 4 is 17.9 Å². The van der Waals surface area contributed by atoms with Crippen molar-refractivity contribution in [3.05, 3.63) is 18.5 Å². The molecule has 1 atom stereocenters. The normalized spacial score (nSPS) is 21.2. The number of carbonyl (C=O) groups excluding carboxylic acids is 2. The van der Waals surface area contributed by atoms with Crippen LogP contribution in [0.25, 0.3) is 0 Å². The number of carbonyl (C=O) groups is 2. The van der Waals surface area contributed by atoms with Crippen LogP contribution in [0.3, 0.4) is 0 Å². The number of anilines is 1. The summed E-state index contributed by atoms with van der Waals surface area (Å²) in [5.41, 5.74) is -0.562. The van der Waals surface area contributed by atoms with Crippen molar-refractivity contribution in [2.45, 2.75) is 64.1 Å². The van der Waals surface area contributed by atoms with E-state index in [0.717, 1.165) is 38.3 Å². The molecule has 3 rings (SSSR count). The molecule has 2 saturated heterocycles. The van der Waals surface area contributed by atoms with Crippen LogP contribution in [0.4, 0.5) is 10.7 Å². The first-order valence-electron chi connectivity index (χ1n) is 9.65. The van der Waals surface area contributed by atoms with Gasteiger partial charge in [0.1, 0.15) is 11.6 Å². The molecule has 27 heavy (non-hydrogen) atoms. The maximum Gasteiger partial charge on any atom is 0.410 e. The predicted molar refractivity (Wildman–Crippen MR) is 101 cm³/mol. The molecule has 0 aliphatic carbocycles. The average molecular weight is 375 g/mol. The zero-order chi connectivity index (χ0) is 19.4. The van der Waals surface area contributed by atoms with E-state index in [-0.39, 0.29) is 11.9 Å². The van der Waals surface area contributed by atoms with E-state index in [2.05, 4.69) is 20.2 Å². The van der Waals surface area contributed by atoms with Crippen LogP contribution in [0.15, 0.2) is 18.5 Å². The van der Waals surface area contributed by atoms with Crippen molar-refractivity contribution in [3.63, 3.8) is 0 Å². The number of hydrogen-bond acceptors (Lipinski definition) is 6. The van der Waals surface area contributed by atoms with Crippen LogP contribution in [0.2, 0.25) is 0 Å². The molecule has 2 amide bonds. The minimum absolute atomic E-state index is 0.0761. The van der Waals surface area contributed by atoms with Gasteiger partial charge in [-0.3, -0.25) is 9.69 Å². The molecule has 0 spiro atoms. The van der Waals surface area contributed by atoms with Crippen LogP contribution in [-0.2, 0) is 9.53 Å². The molecule has 2 fully saturated rings. The van der Waals surface area contributed by atoms with Crippen molar-refractivity contribution in [2.24, 2.45) is 0 Å².